The number of amidine groups is 1. The van der Waals surface area contributed by atoms with Crippen molar-refractivity contribution in [2.75, 3.05) is 12.0 Å². The summed E-state index contributed by atoms with van der Waals surface area (Å²) in [5.41, 5.74) is -3.12. The summed E-state index contributed by atoms with van der Waals surface area (Å²) in [4.78, 5) is 5.10. The van der Waals surface area contributed by atoms with Crippen LogP contribution >= 0.6 is 11.8 Å². The second-order valence-corrected chi connectivity index (χ2v) is 9.65. The Morgan fingerprint density at radius 2 is 1.93 bits per heavy atom. The summed E-state index contributed by atoms with van der Waals surface area (Å²) in [6.45, 7) is 0. The monoisotopic (exact) mass is 444 g/mol. The van der Waals surface area contributed by atoms with E-state index in [2.05, 4.69) is 4.99 Å². The normalized spacial score (nSPS) is 24.0. The van der Waals surface area contributed by atoms with Crippen molar-refractivity contribution in [3.8, 4) is 5.75 Å². The SMILES string of the molecule is COc1ccc2c(c1)SC1=N[C@](O)(C(F)(F)F)C[C@@H](S(=O)(=O)c3ccccc3)N12. The Hall–Kier alpha value is -2.24. The molecule has 0 spiro atoms. The van der Waals surface area contributed by atoms with Crippen LogP contribution in [0.5, 0.6) is 5.75 Å². The highest BCUT2D eigenvalue weighted by molar-refractivity contribution is 8.15. The van der Waals surface area contributed by atoms with Crippen LogP contribution < -0.4 is 9.64 Å². The highest BCUT2D eigenvalue weighted by Gasteiger charge is 2.61. The number of halogens is 3. The fraction of sp³-hybridized carbons (Fsp3) is 0.278. The maximum Gasteiger partial charge on any atom is 0.438 e. The lowest BCUT2D eigenvalue weighted by Crippen LogP contribution is -2.57. The molecule has 4 rings (SSSR count). The molecular weight excluding hydrogens is 429 g/mol. The Balaban J connectivity index is 1.90. The van der Waals surface area contributed by atoms with Crippen molar-refractivity contribution in [2.45, 2.75) is 33.5 Å². The van der Waals surface area contributed by atoms with Gasteiger partial charge in [-0.15, -0.1) is 0 Å². The maximum absolute atomic E-state index is 13.6. The maximum atomic E-state index is 13.6. The average Bonchev–Trinajstić information content (AvgIpc) is 3.03. The highest BCUT2D eigenvalue weighted by atomic mass is 32.2. The number of nitrogens with zero attached hydrogens (tertiary/aromatic N) is 2. The van der Waals surface area contributed by atoms with Crippen LogP contribution in [0.25, 0.3) is 0 Å². The van der Waals surface area contributed by atoms with Gasteiger partial charge in [-0.3, -0.25) is 0 Å². The van der Waals surface area contributed by atoms with Crippen molar-refractivity contribution in [1.82, 2.24) is 0 Å². The predicted molar refractivity (Wildman–Crippen MR) is 102 cm³/mol. The summed E-state index contributed by atoms with van der Waals surface area (Å²) in [5, 5.41) is 8.35. The zero-order valence-corrected chi connectivity index (χ0v) is 16.6. The number of alkyl halides is 3. The Bertz CT molecular complexity index is 1090. The number of aliphatic hydroxyl groups is 1. The number of ether oxygens (including phenoxy) is 1. The zero-order chi connectivity index (χ0) is 21.0. The van der Waals surface area contributed by atoms with Crippen LogP contribution in [-0.2, 0) is 9.84 Å². The van der Waals surface area contributed by atoms with E-state index >= 15 is 0 Å². The van der Waals surface area contributed by atoms with Crippen LogP contribution in [0.3, 0.4) is 0 Å². The standard InChI is InChI=1S/C18H15F3N2O4S2/c1-27-11-7-8-13-14(9-11)28-16-22-17(24,18(19,20)21)10-15(23(13)16)29(25,26)12-5-3-2-4-6-12/h2-9,15,24H,10H2,1H3/t15-,17-/m1/s1. The van der Waals surface area contributed by atoms with Crippen LogP contribution in [0.4, 0.5) is 18.9 Å². The molecule has 2 atom stereocenters. The van der Waals surface area contributed by atoms with E-state index in [9.17, 15) is 26.7 Å². The van der Waals surface area contributed by atoms with Gasteiger partial charge in [0.05, 0.1) is 17.7 Å². The van der Waals surface area contributed by atoms with Crippen LogP contribution in [0.15, 0.2) is 63.3 Å². The van der Waals surface area contributed by atoms with Gasteiger partial charge in [0.2, 0.25) is 0 Å². The number of hydrogen-bond acceptors (Lipinski definition) is 7. The molecule has 2 aliphatic rings. The topological polar surface area (TPSA) is 79.2 Å². The molecule has 0 unspecified atom stereocenters. The molecule has 2 heterocycles. The lowest BCUT2D eigenvalue weighted by atomic mass is 10.1. The van der Waals surface area contributed by atoms with E-state index < -0.39 is 33.5 Å². The van der Waals surface area contributed by atoms with Gasteiger partial charge in [0, 0.05) is 11.3 Å². The van der Waals surface area contributed by atoms with Gasteiger partial charge < -0.3 is 14.7 Å². The molecule has 0 fully saturated rings. The Labute approximate surface area is 168 Å². The minimum absolute atomic E-state index is 0.136. The number of fused-ring (bicyclic) bond motifs is 3. The van der Waals surface area contributed by atoms with Gasteiger partial charge in [0.25, 0.3) is 5.72 Å². The molecular formula is C18H15F3N2O4S2. The smallest absolute Gasteiger partial charge is 0.438 e. The largest absolute Gasteiger partial charge is 0.497 e. The summed E-state index contributed by atoms with van der Waals surface area (Å²) in [6.07, 6.45) is -6.28. The summed E-state index contributed by atoms with van der Waals surface area (Å²) >= 11 is 0.855. The van der Waals surface area contributed by atoms with Gasteiger partial charge in [0.15, 0.2) is 15.0 Å². The third-order valence-electron chi connectivity index (χ3n) is 4.75. The molecule has 0 saturated heterocycles. The fourth-order valence-corrected chi connectivity index (χ4v) is 6.26. The zero-order valence-electron chi connectivity index (χ0n) is 14.9. The summed E-state index contributed by atoms with van der Waals surface area (Å²) in [6, 6.07) is 11.9. The molecule has 29 heavy (non-hydrogen) atoms. The van der Waals surface area contributed by atoms with Crippen LogP contribution in [0, 0.1) is 0 Å². The van der Waals surface area contributed by atoms with Crippen LogP contribution in [0.1, 0.15) is 6.42 Å². The summed E-state index contributed by atoms with van der Waals surface area (Å²) < 4.78 is 72.5. The second-order valence-electron chi connectivity index (χ2n) is 6.53. The number of hydrogen-bond donors (Lipinski definition) is 1. The van der Waals surface area contributed by atoms with Crippen molar-refractivity contribution in [3.63, 3.8) is 0 Å². The minimum atomic E-state index is -5.14. The number of methoxy groups -OCH3 is 1. The second kappa shape index (κ2) is 6.64. The summed E-state index contributed by atoms with van der Waals surface area (Å²) in [7, 11) is -2.82. The van der Waals surface area contributed by atoms with E-state index in [-0.39, 0.29) is 10.1 Å². The third kappa shape index (κ3) is 3.17. The number of rotatable bonds is 3. The fourth-order valence-electron chi connectivity index (χ4n) is 3.24. The molecule has 0 aromatic heterocycles. The number of sulfone groups is 1. The molecule has 2 aromatic carbocycles. The van der Waals surface area contributed by atoms with E-state index in [1.54, 1.807) is 24.3 Å². The lowest BCUT2D eigenvalue weighted by molar-refractivity contribution is -0.259. The van der Waals surface area contributed by atoms with Gasteiger partial charge in [-0.25, -0.2) is 13.4 Å². The van der Waals surface area contributed by atoms with Gasteiger partial charge in [-0.1, -0.05) is 18.2 Å². The first-order valence-corrected chi connectivity index (χ1v) is 10.8. The lowest BCUT2D eigenvalue weighted by Gasteiger charge is -2.40. The van der Waals surface area contributed by atoms with Crippen molar-refractivity contribution < 1.29 is 31.4 Å². The minimum Gasteiger partial charge on any atom is -0.497 e. The number of thioether (sulfide) groups is 1. The summed E-state index contributed by atoms with van der Waals surface area (Å²) in [5.74, 6) is 0.463. The van der Waals surface area contributed by atoms with Gasteiger partial charge in [-0.2, -0.15) is 13.2 Å². The van der Waals surface area contributed by atoms with Crippen molar-refractivity contribution in [3.05, 3.63) is 48.5 Å². The van der Waals surface area contributed by atoms with E-state index in [0.29, 0.717) is 16.3 Å². The average molecular weight is 444 g/mol. The van der Waals surface area contributed by atoms with E-state index in [4.69, 9.17) is 4.74 Å². The van der Waals surface area contributed by atoms with E-state index in [1.807, 2.05) is 0 Å². The molecule has 0 amide bonds. The molecule has 6 nitrogen and oxygen atoms in total. The van der Waals surface area contributed by atoms with E-state index in [0.717, 1.165) is 11.8 Å². The number of benzene rings is 2. The van der Waals surface area contributed by atoms with Gasteiger partial charge >= 0.3 is 6.18 Å². The van der Waals surface area contributed by atoms with Crippen molar-refractivity contribution >= 4 is 32.5 Å². The molecule has 0 aliphatic carbocycles. The molecule has 0 bridgehead atoms. The first-order valence-electron chi connectivity index (χ1n) is 8.40. The molecule has 2 aromatic rings. The first-order chi connectivity index (χ1) is 13.6. The van der Waals surface area contributed by atoms with Crippen molar-refractivity contribution in [1.29, 1.82) is 0 Å². The molecule has 1 N–H and O–H groups in total. The predicted octanol–water partition coefficient (Wildman–Crippen LogP) is 3.42. The Kier molecular flexibility index (Phi) is 4.59. The molecule has 11 heteroatoms. The Morgan fingerprint density at radius 1 is 1.24 bits per heavy atom. The molecule has 0 saturated carbocycles. The van der Waals surface area contributed by atoms with Crippen LogP contribution in [-0.4, -0.2) is 43.1 Å². The van der Waals surface area contributed by atoms with E-state index in [1.165, 1.54) is 36.3 Å². The number of anilines is 1. The quantitative estimate of drug-likeness (QED) is 0.782. The first kappa shape index (κ1) is 20.0. The molecule has 154 valence electrons. The third-order valence-corrected chi connectivity index (χ3v) is 7.79. The highest BCUT2D eigenvalue weighted by Crippen LogP contribution is 2.51. The van der Waals surface area contributed by atoms with Gasteiger partial charge in [0.1, 0.15) is 11.1 Å². The van der Waals surface area contributed by atoms with Crippen molar-refractivity contribution in [2.24, 2.45) is 4.99 Å². The van der Waals surface area contributed by atoms with Crippen LogP contribution in [0.2, 0.25) is 0 Å². The molecule has 2 aliphatic heterocycles. The Morgan fingerprint density at radius 3 is 2.55 bits per heavy atom. The molecule has 0 radical (unpaired) electrons. The number of aliphatic imine (C=N–C) groups is 1. The van der Waals surface area contributed by atoms with Gasteiger partial charge in [-0.05, 0) is 42.1 Å².